The number of likely N-dealkylation sites (N-methyl/N-ethyl adjacent to an activating group) is 1. The zero-order valence-electron chi connectivity index (χ0n) is 17.2. The fourth-order valence-corrected chi connectivity index (χ4v) is 4.13. The van der Waals surface area contributed by atoms with Crippen molar-refractivity contribution in [3.8, 4) is 0 Å². The van der Waals surface area contributed by atoms with Crippen LogP contribution in [-0.4, -0.2) is 32.2 Å². The number of carbonyl (C=O) groups excluding carboxylic acids is 1. The van der Waals surface area contributed by atoms with E-state index in [1.54, 1.807) is 12.1 Å². The highest BCUT2D eigenvalue weighted by Gasteiger charge is 2.23. The third-order valence-corrected chi connectivity index (χ3v) is 6.56. The summed E-state index contributed by atoms with van der Waals surface area (Å²) in [6, 6.07) is 21.8. The van der Waals surface area contributed by atoms with E-state index in [4.69, 9.17) is 0 Å². The molecule has 1 atom stereocenters. The highest BCUT2D eigenvalue weighted by Crippen LogP contribution is 2.21. The third kappa shape index (κ3) is 5.90. The van der Waals surface area contributed by atoms with E-state index in [1.165, 1.54) is 19.2 Å². The van der Waals surface area contributed by atoms with Crippen molar-refractivity contribution in [1.29, 1.82) is 0 Å². The summed E-state index contributed by atoms with van der Waals surface area (Å²) in [5, 5.41) is 6.07. The summed E-state index contributed by atoms with van der Waals surface area (Å²) in [6.45, 7) is 1.69. The number of sulfonamides is 1. The van der Waals surface area contributed by atoms with Gasteiger partial charge in [-0.05, 0) is 61.0 Å². The number of benzene rings is 3. The van der Waals surface area contributed by atoms with Gasteiger partial charge in [-0.3, -0.25) is 4.79 Å². The number of amides is 1. The van der Waals surface area contributed by atoms with Crippen LogP contribution in [0.1, 0.15) is 18.5 Å². The van der Waals surface area contributed by atoms with Crippen LogP contribution in [0.15, 0.2) is 83.8 Å². The molecule has 0 heterocycles. The van der Waals surface area contributed by atoms with Crippen LogP contribution in [0.25, 0.3) is 0 Å². The van der Waals surface area contributed by atoms with Gasteiger partial charge in [0.15, 0.2) is 0 Å². The zero-order chi connectivity index (χ0) is 22.4. The first kappa shape index (κ1) is 22.5. The second kappa shape index (κ2) is 9.72. The lowest BCUT2D eigenvalue weighted by Gasteiger charge is -2.18. The Morgan fingerprint density at radius 3 is 2.13 bits per heavy atom. The van der Waals surface area contributed by atoms with Gasteiger partial charge in [0.25, 0.3) is 0 Å². The first-order valence-electron chi connectivity index (χ1n) is 9.69. The number of anilines is 2. The summed E-state index contributed by atoms with van der Waals surface area (Å²) in [4.78, 5) is 12.2. The lowest BCUT2D eigenvalue weighted by molar-refractivity contribution is -0.116. The van der Waals surface area contributed by atoms with Gasteiger partial charge in [0.2, 0.25) is 15.9 Å². The highest BCUT2D eigenvalue weighted by atomic mass is 32.2. The summed E-state index contributed by atoms with van der Waals surface area (Å²) < 4.78 is 39.0. The van der Waals surface area contributed by atoms with Gasteiger partial charge in [0.1, 0.15) is 5.82 Å². The van der Waals surface area contributed by atoms with E-state index in [2.05, 4.69) is 17.6 Å². The maximum atomic E-state index is 13.0. The van der Waals surface area contributed by atoms with Crippen LogP contribution in [0.3, 0.4) is 0 Å². The Morgan fingerprint density at radius 1 is 0.935 bits per heavy atom. The van der Waals surface area contributed by atoms with Gasteiger partial charge in [-0.2, -0.15) is 4.31 Å². The molecular formula is C23H24FN3O3S. The van der Waals surface area contributed by atoms with Crippen LogP contribution in [0.4, 0.5) is 15.8 Å². The summed E-state index contributed by atoms with van der Waals surface area (Å²) in [5.74, 6) is -1.01. The summed E-state index contributed by atoms with van der Waals surface area (Å²) in [6.07, 6.45) is 0. The third-order valence-electron chi connectivity index (χ3n) is 4.74. The molecule has 0 saturated heterocycles. The Morgan fingerprint density at radius 2 is 1.52 bits per heavy atom. The van der Waals surface area contributed by atoms with E-state index in [9.17, 15) is 17.6 Å². The van der Waals surface area contributed by atoms with Crippen molar-refractivity contribution in [3.05, 3.63) is 90.2 Å². The summed E-state index contributed by atoms with van der Waals surface area (Å²) in [5.41, 5.74) is 2.60. The quantitative estimate of drug-likeness (QED) is 0.548. The monoisotopic (exact) mass is 441 g/mol. The van der Waals surface area contributed by atoms with E-state index < -0.39 is 21.7 Å². The number of halogens is 1. The van der Waals surface area contributed by atoms with E-state index in [-0.39, 0.29) is 17.5 Å². The second-order valence-corrected chi connectivity index (χ2v) is 9.16. The molecule has 2 N–H and O–H groups in total. The van der Waals surface area contributed by atoms with Crippen molar-refractivity contribution in [2.45, 2.75) is 17.9 Å². The molecule has 0 aliphatic carbocycles. The lowest BCUT2D eigenvalue weighted by Crippen LogP contribution is -2.34. The summed E-state index contributed by atoms with van der Waals surface area (Å²) in [7, 11) is -2.59. The van der Waals surface area contributed by atoms with Gasteiger partial charge in [0, 0.05) is 24.5 Å². The predicted octanol–water partition coefficient (Wildman–Crippen LogP) is 4.26. The van der Waals surface area contributed by atoms with Gasteiger partial charge in [-0.25, -0.2) is 12.8 Å². The van der Waals surface area contributed by atoms with E-state index in [1.807, 2.05) is 42.5 Å². The van der Waals surface area contributed by atoms with Gasteiger partial charge >= 0.3 is 0 Å². The SMILES string of the molecule is CC(Nc1ccc(NC(=O)CN(C)S(=O)(=O)c2ccc(F)cc2)cc1)c1ccccc1. The molecule has 0 aliphatic heterocycles. The summed E-state index contributed by atoms with van der Waals surface area (Å²) >= 11 is 0. The normalized spacial score (nSPS) is 12.4. The molecule has 3 aromatic carbocycles. The molecule has 1 amide bonds. The molecule has 0 aromatic heterocycles. The van der Waals surface area contributed by atoms with Crippen LogP contribution in [-0.2, 0) is 14.8 Å². The van der Waals surface area contributed by atoms with Crippen LogP contribution < -0.4 is 10.6 Å². The average molecular weight is 442 g/mol. The zero-order valence-corrected chi connectivity index (χ0v) is 18.1. The molecule has 162 valence electrons. The Labute approximate surface area is 181 Å². The Balaban J connectivity index is 1.57. The molecule has 8 heteroatoms. The molecule has 3 aromatic rings. The van der Waals surface area contributed by atoms with Gasteiger partial charge in [-0.15, -0.1) is 0 Å². The predicted molar refractivity (Wildman–Crippen MR) is 120 cm³/mol. The maximum absolute atomic E-state index is 13.0. The first-order chi connectivity index (χ1) is 14.8. The number of hydrogen-bond acceptors (Lipinski definition) is 4. The smallest absolute Gasteiger partial charge is 0.243 e. The molecule has 0 radical (unpaired) electrons. The van der Waals surface area contributed by atoms with Crippen molar-refractivity contribution in [3.63, 3.8) is 0 Å². The average Bonchev–Trinajstić information content (AvgIpc) is 2.76. The van der Waals surface area contributed by atoms with Gasteiger partial charge in [0.05, 0.1) is 11.4 Å². The Kier molecular flexibility index (Phi) is 7.04. The van der Waals surface area contributed by atoms with Crippen LogP contribution >= 0.6 is 0 Å². The number of carbonyl (C=O) groups is 1. The topological polar surface area (TPSA) is 78.5 Å². The molecule has 3 rings (SSSR count). The minimum atomic E-state index is -3.89. The second-order valence-electron chi connectivity index (χ2n) is 7.12. The van der Waals surface area contributed by atoms with Crippen molar-refractivity contribution in [2.75, 3.05) is 24.2 Å². The van der Waals surface area contributed by atoms with Crippen molar-refractivity contribution < 1.29 is 17.6 Å². The van der Waals surface area contributed by atoms with Crippen LogP contribution in [0, 0.1) is 5.82 Å². The molecule has 0 saturated carbocycles. The standard InChI is InChI=1S/C23H24FN3O3S/c1-17(18-6-4-3-5-7-18)25-20-10-12-21(13-11-20)26-23(28)16-27(2)31(29,30)22-14-8-19(24)9-15-22/h3-15,17,25H,16H2,1-2H3,(H,26,28). The van der Waals surface area contributed by atoms with E-state index in [0.29, 0.717) is 5.69 Å². The van der Waals surface area contributed by atoms with Gasteiger partial charge in [-0.1, -0.05) is 30.3 Å². The molecule has 6 nitrogen and oxygen atoms in total. The molecule has 0 aliphatic rings. The number of nitrogens with one attached hydrogen (secondary N) is 2. The maximum Gasteiger partial charge on any atom is 0.243 e. The van der Waals surface area contributed by atoms with Crippen molar-refractivity contribution >= 4 is 27.3 Å². The molecule has 0 bridgehead atoms. The Bertz CT molecular complexity index is 1120. The van der Waals surface area contributed by atoms with Crippen LogP contribution in [0.5, 0.6) is 0 Å². The molecular weight excluding hydrogens is 417 g/mol. The molecule has 0 fully saturated rings. The fraction of sp³-hybridized carbons (Fsp3) is 0.174. The van der Waals surface area contributed by atoms with Crippen molar-refractivity contribution in [1.82, 2.24) is 4.31 Å². The van der Waals surface area contributed by atoms with Crippen molar-refractivity contribution in [2.24, 2.45) is 0 Å². The van der Waals surface area contributed by atoms with Gasteiger partial charge < -0.3 is 10.6 Å². The lowest BCUT2D eigenvalue weighted by atomic mass is 10.1. The number of nitrogens with zero attached hydrogens (tertiary/aromatic N) is 1. The Hall–Kier alpha value is -3.23. The number of rotatable bonds is 8. The van der Waals surface area contributed by atoms with E-state index >= 15 is 0 Å². The molecule has 1 unspecified atom stereocenters. The number of hydrogen-bond donors (Lipinski definition) is 2. The fourth-order valence-electron chi connectivity index (χ4n) is 3.00. The molecule has 0 spiro atoms. The molecule has 31 heavy (non-hydrogen) atoms. The minimum absolute atomic E-state index is 0.0767. The largest absolute Gasteiger partial charge is 0.379 e. The van der Waals surface area contributed by atoms with E-state index in [0.717, 1.165) is 27.7 Å². The minimum Gasteiger partial charge on any atom is -0.379 e. The highest BCUT2D eigenvalue weighted by molar-refractivity contribution is 7.89. The van der Waals surface area contributed by atoms with Crippen LogP contribution in [0.2, 0.25) is 0 Å². The first-order valence-corrected chi connectivity index (χ1v) is 11.1.